The number of halogens is 1. The number of aromatic carboxylic acids is 1. The molecule has 6 nitrogen and oxygen atoms in total. The zero-order valence-corrected chi connectivity index (χ0v) is 9.57. The molecule has 0 atom stereocenters. The van der Waals surface area contributed by atoms with Crippen molar-refractivity contribution in [3.8, 4) is 0 Å². The van der Waals surface area contributed by atoms with E-state index >= 15 is 0 Å². The Kier molecular flexibility index (Phi) is 3.98. The Balaban J connectivity index is 3.26. The van der Waals surface area contributed by atoms with Crippen molar-refractivity contribution in [2.24, 2.45) is 0 Å². The fraction of sp³-hybridized carbons (Fsp3) is 0.182. The fourth-order valence-electron chi connectivity index (χ4n) is 1.27. The van der Waals surface area contributed by atoms with Crippen LogP contribution in [-0.2, 0) is 0 Å². The van der Waals surface area contributed by atoms with Gasteiger partial charge in [0.2, 0.25) is 0 Å². The Morgan fingerprint density at radius 3 is 2.67 bits per heavy atom. The highest BCUT2D eigenvalue weighted by atomic mass is 19.1. The lowest BCUT2D eigenvalue weighted by atomic mass is 10.1. The van der Waals surface area contributed by atoms with Crippen molar-refractivity contribution in [3.63, 3.8) is 0 Å². The van der Waals surface area contributed by atoms with Gasteiger partial charge in [0.25, 0.3) is 5.69 Å². The highest BCUT2D eigenvalue weighted by Gasteiger charge is 2.21. The molecule has 0 saturated carbocycles. The van der Waals surface area contributed by atoms with Crippen LogP contribution in [-0.4, -0.2) is 22.5 Å². The molecule has 0 fully saturated rings. The monoisotopic (exact) mass is 254 g/mol. The average Bonchev–Trinajstić information content (AvgIpc) is 2.26. The summed E-state index contributed by atoms with van der Waals surface area (Å²) in [7, 11) is 0. The van der Waals surface area contributed by atoms with E-state index in [9.17, 15) is 19.3 Å². The Labute approximate surface area is 102 Å². The van der Waals surface area contributed by atoms with Gasteiger partial charge in [-0.25, -0.2) is 9.18 Å². The molecule has 0 heterocycles. The zero-order valence-electron chi connectivity index (χ0n) is 9.57. The number of rotatable bonds is 5. The van der Waals surface area contributed by atoms with Crippen LogP contribution in [0.25, 0.3) is 0 Å². The van der Waals surface area contributed by atoms with Gasteiger partial charge in [0, 0.05) is 6.54 Å². The van der Waals surface area contributed by atoms with Crippen LogP contribution in [0.2, 0.25) is 0 Å². The maximum Gasteiger partial charge on any atom is 0.338 e. The van der Waals surface area contributed by atoms with Crippen LogP contribution in [0.5, 0.6) is 0 Å². The number of benzene rings is 1. The van der Waals surface area contributed by atoms with Crippen LogP contribution < -0.4 is 5.32 Å². The lowest BCUT2D eigenvalue weighted by molar-refractivity contribution is -0.384. The molecule has 1 rings (SSSR count). The first-order valence-electron chi connectivity index (χ1n) is 4.92. The fourth-order valence-corrected chi connectivity index (χ4v) is 1.27. The first-order chi connectivity index (χ1) is 8.32. The minimum atomic E-state index is -1.49. The van der Waals surface area contributed by atoms with E-state index in [-0.39, 0.29) is 12.2 Å². The molecule has 1 aromatic rings. The van der Waals surface area contributed by atoms with Gasteiger partial charge in [-0.05, 0) is 13.0 Å². The summed E-state index contributed by atoms with van der Waals surface area (Å²) >= 11 is 0. The van der Waals surface area contributed by atoms with Gasteiger partial charge in [-0.3, -0.25) is 10.1 Å². The summed E-state index contributed by atoms with van der Waals surface area (Å²) in [5.41, 5.74) is -0.490. The molecule has 0 aliphatic rings. The van der Waals surface area contributed by atoms with E-state index in [1.165, 1.54) is 0 Å². The van der Waals surface area contributed by atoms with E-state index in [1.54, 1.807) is 6.92 Å². The maximum absolute atomic E-state index is 13.3. The number of carbonyl (C=O) groups is 1. The van der Waals surface area contributed by atoms with Gasteiger partial charge in [-0.1, -0.05) is 12.2 Å². The van der Waals surface area contributed by atoms with Gasteiger partial charge in [-0.2, -0.15) is 0 Å². The highest BCUT2D eigenvalue weighted by molar-refractivity contribution is 5.90. The van der Waals surface area contributed by atoms with E-state index in [2.05, 4.69) is 11.9 Å². The summed E-state index contributed by atoms with van der Waals surface area (Å²) in [5, 5.41) is 22.1. The second-order valence-electron chi connectivity index (χ2n) is 3.72. The third-order valence-electron chi connectivity index (χ3n) is 2.09. The number of nitrogens with one attached hydrogen (secondary N) is 1. The number of nitro groups is 1. The van der Waals surface area contributed by atoms with Crippen LogP contribution in [0.15, 0.2) is 24.3 Å². The number of carboxylic acid groups (broad SMARTS) is 1. The Hall–Kier alpha value is -2.44. The van der Waals surface area contributed by atoms with Crippen molar-refractivity contribution in [3.05, 3.63) is 45.8 Å². The summed E-state index contributed by atoms with van der Waals surface area (Å²) in [4.78, 5) is 20.7. The predicted molar refractivity (Wildman–Crippen MR) is 63.3 cm³/mol. The van der Waals surface area contributed by atoms with E-state index in [0.717, 1.165) is 6.07 Å². The molecular weight excluding hydrogens is 243 g/mol. The molecule has 0 aliphatic heterocycles. The van der Waals surface area contributed by atoms with Gasteiger partial charge >= 0.3 is 5.97 Å². The molecule has 0 saturated heterocycles. The smallest absolute Gasteiger partial charge is 0.338 e. The van der Waals surface area contributed by atoms with Crippen molar-refractivity contribution in [2.75, 3.05) is 11.9 Å². The van der Waals surface area contributed by atoms with Crippen molar-refractivity contribution in [1.29, 1.82) is 0 Å². The first-order valence-corrected chi connectivity index (χ1v) is 4.92. The van der Waals surface area contributed by atoms with Gasteiger partial charge in [0.05, 0.1) is 16.6 Å². The van der Waals surface area contributed by atoms with Crippen LogP contribution in [0.4, 0.5) is 15.8 Å². The molecular formula is C11H11FN2O4. The lowest BCUT2D eigenvalue weighted by Crippen LogP contribution is -2.08. The molecule has 0 amide bonds. The first kappa shape index (κ1) is 13.6. The van der Waals surface area contributed by atoms with Gasteiger partial charge in [0.15, 0.2) is 0 Å². The number of hydrogen-bond acceptors (Lipinski definition) is 4. The number of hydrogen-bond donors (Lipinski definition) is 2. The molecule has 2 N–H and O–H groups in total. The minimum absolute atomic E-state index is 0.0539. The second-order valence-corrected chi connectivity index (χ2v) is 3.72. The van der Waals surface area contributed by atoms with Crippen LogP contribution in [0.3, 0.4) is 0 Å². The highest BCUT2D eigenvalue weighted by Crippen LogP contribution is 2.28. The Morgan fingerprint density at radius 2 is 2.22 bits per heavy atom. The van der Waals surface area contributed by atoms with Crippen molar-refractivity contribution in [1.82, 2.24) is 0 Å². The number of carboxylic acids is 1. The van der Waals surface area contributed by atoms with E-state index in [4.69, 9.17) is 5.11 Å². The normalized spacial score (nSPS) is 9.89. The quantitative estimate of drug-likeness (QED) is 0.478. The molecule has 1 aromatic carbocycles. The average molecular weight is 254 g/mol. The zero-order chi connectivity index (χ0) is 13.9. The molecule has 0 radical (unpaired) electrons. The summed E-state index contributed by atoms with van der Waals surface area (Å²) in [6, 6.07) is 1.49. The van der Waals surface area contributed by atoms with Crippen molar-refractivity contribution in [2.45, 2.75) is 6.92 Å². The van der Waals surface area contributed by atoms with E-state index in [0.29, 0.717) is 11.6 Å². The van der Waals surface area contributed by atoms with E-state index in [1.807, 2.05) is 0 Å². The topological polar surface area (TPSA) is 92.5 Å². The number of nitrogens with zero attached hydrogens (tertiary/aromatic N) is 1. The third kappa shape index (κ3) is 3.03. The second kappa shape index (κ2) is 5.26. The summed E-state index contributed by atoms with van der Waals surface area (Å²) < 4.78 is 13.3. The summed E-state index contributed by atoms with van der Waals surface area (Å²) in [6.07, 6.45) is 0. The standard InChI is InChI=1S/C11H11FN2O4/c1-6(2)5-13-9-3-7(11(15)16)8(12)4-10(9)14(17)18/h3-4,13H,1,5H2,2H3,(H,15,16). The molecule has 0 spiro atoms. The summed E-state index contributed by atoms with van der Waals surface area (Å²) in [6.45, 7) is 5.52. The molecule has 96 valence electrons. The third-order valence-corrected chi connectivity index (χ3v) is 2.09. The molecule has 0 aromatic heterocycles. The van der Waals surface area contributed by atoms with Gasteiger partial charge in [-0.15, -0.1) is 0 Å². The van der Waals surface area contributed by atoms with E-state index < -0.39 is 28.0 Å². The van der Waals surface area contributed by atoms with Crippen LogP contribution in [0, 0.1) is 15.9 Å². The Bertz CT molecular complexity index is 528. The molecule has 18 heavy (non-hydrogen) atoms. The molecule has 0 bridgehead atoms. The van der Waals surface area contributed by atoms with Crippen molar-refractivity contribution >= 4 is 17.3 Å². The van der Waals surface area contributed by atoms with Crippen LogP contribution in [0.1, 0.15) is 17.3 Å². The minimum Gasteiger partial charge on any atom is -0.478 e. The number of nitro benzene ring substituents is 1. The maximum atomic E-state index is 13.3. The molecule has 0 unspecified atom stereocenters. The summed E-state index contributed by atoms with van der Waals surface area (Å²) in [5.74, 6) is -2.63. The van der Waals surface area contributed by atoms with Crippen LogP contribution >= 0.6 is 0 Å². The predicted octanol–water partition coefficient (Wildman–Crippen LogP) is 2.42. The molecule has 7 heteroatoms. The lowest BCUT2D eigenvalue weighted by Gasteiger charge is -2.08. The largest absolute Gasteiger partial charge is 0.478 e. The van der Waals surface area contributed by atoms with Crippen molar-refractivity contribution < 1.29 is 19.2 Å². The SMILES string of the molecule is C=C(C)CNc1cc(C(=O)O)c(F)cc1[N+](=O)[O-]. The molecule has 0 aliphatic carbocycles. The van der Waals surface area contributed by atoms with Gasteiger partial charge in [0.1, 0.15) is 11.5 Å². The Morgan fingerprint density at radius 1 is 1.61 bits per heavy atom. The van der Waals surface area contributed by atoms with Gasteiger partial charge < -0.3 is 10.4 Å². The number of anilines is 1.